The Morgan fingerprint density at radius 2 is 1.77 bits per heavy atom. The van der Waals surface area contributed by atoms with Gasteiger partial charge in [-0.2, -0.15) is 0 Å². The maximum absolute atomic E-state index is 12.5. The van der Waals surface area contributed by atoms with Crippen LogP contribution in [0.1, 0.15) is 31.8 Å². The SMILES string of the molecule is COc1cc(C=C2Oc3ccc(Cl)cc3C2=O)ccc1OC(=O)c1ccc(C)cc1. The average Bonchev–Trinajstić information content (AvgIpc) is 3.04. The number of rotatable bonds is 4. The van der Waals surface area contributed by atoms with E-state index in [4.69, 9.17) is 25.8 Å². The summed E-state index contributed by atoms with van der Waals surface area (Å²) in [7, 11) is 1.48. The molecule has 0 aliphatic carbocycles. The summed E-state index contributed by atoms with van der Waals surface area (Å²) in [6.45, 7) is 1.94. The Hall–Kier alpha value is -3.57. The smallest absolute Gasteiger partial charge is 0.343 e. The number of hydrogen-bond donors (Lipinski definition) is 0. The van der Waals surface area contributed by atoms with Crippen molar-refractivity contribution in [3.63, 3.8) is 0 Å². The van der Waals surface area contributed by atoms with Gasteiger partial charge in [-0.3, -0.25) is 4.79 Å². The molecule has 6 heteroatoms. The van der Waals surface area contributed by atoms with Crippen molar-refractivity contribution in [1.82, 2.24) is 0 Å². The summed E-state index contributed by atoms with van der Waals surface area (Å²) in [6, 6.07) is 17.0. The lowest BCUT2D eigenvalue weighted by Crippen LogP contribution is -2.09. The molecule has 1 aliphatic heterocycles. The number of carbonyl (C=O) groups is 2. The molecule has 4 rings (SSSR count). The van der Waals surface area contributed by atoms with E-state index in [1.54, 1.807) is 54.6 Å². The van der Waals surface area contributed by atoms with Crippen molar-refractivity contribution in [2.45, 2.75) is 6.92 Å². The fraction of sp³-hybridized carbons (Fsp3) is 0.0833. The molecule has 0 N–H and O–H groups in total. The molecule has 3 aromatic rings. The number of aryl methyl sites for hydroxylation is 1. The highest BCUT2D eigenvalue weighted by Crippen LogP contribution is 2.35. The van der Waals surface area contributed by atoms with Gasteiger partial charge < -0.3 is 14.2 Å². The van der Waals surface area contributed by atoms with Crippen LogP contribution in [0.4, 0.5) is 0 Å². The largest absolute Gasteiger partial charge is 0.493 e. The summed E-state index contributed by atoms with van der Waals surface area (Å²) in [5, 5.41) is 0.466. The molecular weight excluding hydrogens is 404 g/mol. The van der Waals surface area contributed by atoms with E-state index < -0.39 is 5.97 Å². The molecular formula is C24H17ClO5. The molecule has 0 fully saturated rings. The fourth-order valence-electron chi connectivity index (χ4n) is 3.02. The Labute approximate surface area is 178 Å². The maximum Gasteiger partial charge on any atom is 0.343 e. The summed E-state index contributed by atoms with van der Waals surface area (Å²) in [5.41, 5.74) is 2.57. The molecule has 0 saturated carbocycles. The average molecular weight is 421 g/mol. The summed E-state index contributed by atoms with van der Waals surface area (Å²) in [5.74, 6) is 0.544. The van der Waals surface area contributed by atoms with Crippen molar-refractivity contribution in [3.05, 3.63) is 93.7 Å². The molecule has 150 valence electrons. The summed E-state index contributed by atoms with van der Waals surface area (Å²) < 4.78 is 16.5. The number of allylic oxidation sites excluding steroid dienone is 1. The molecule has 0 aromatic heterocycles. The molecule has 30 heavy (non-hydrogen) atoms. The lowest BCUT2D eigenvalue weighted by atomic mass is 10.1. The third-order valence-electron chi connectivity index (χ3n) is 4.61. The van der Waals surface area contributed by atoms with Crippen LogP contribution >= 0.6 is 11.6 Å². The van der Waals surface area contributed by atoms with Crippen LogP contribution in [0, 0.1) is 6.92 Å². The number of benzene rings is 3. The van der Waals surface area contributed by atoms with E-state index in [-0.39, 0.29) is 17.3 Å². The van der Waals surface area contributed by atoms with Gasteiger partial charge >= 0.3 is 5.97 Å². The van der Waals surface area contributed by atoms with Crippen LogP contribution in [-0.4, -0.2) is 18.9 Å². The lowest BCUT2D eigenvalue weighted by molar-refractivity contribution is 0.0729. The van der Waals surface area contributed by atoms with Crippen molar-refractivity contribution in [2.24, 2.45) is 0 Å². The number of hydrogen-bond acceptors (Lipinski definition) is 5. The van der Waals surface area contributed by atoms with E-state index in [1.807, 2.05) is 19.1 Å². The van der Waals surface area contributed by atoms with Crippen molar-refractivity contribution in [2.75, 3.05) is 7.11 Å². The maximum atomic E-state index is 12.5. The first-order valence-electron chi connectivity index (χ1n) is 9.15. The van der Waals surface area contributed by atoms with E-state index in [2.05, 4.69) is 0 Å². The van der Waals surface area contributed by atoms with E-state index in [1.165, 1.54) is 7.11 Å². The third-order valence-corrected chi connectivity index (χ3v) is 4.84. The van der Waals surface area contributed by atoms with Crippen LogP contribution < -0.4 is 14.2 Å². The molecule has 0 amide bonds. The molecule has 5 nitrogen and oxygen atoms in total. The monoisotopic (exact) mass is 420 g/mol. The molecule has 0 radical (unpaired) electrons. The minimum absolute atomic E-state index is 0.179. The quantitative estimate of drug-likeness (QED) is 0.317. The second-order valence-corrected chi connectivity index (χ2v) is 7.18. The van der Waals surface area contributed by atoms with Crippen molar-refractivity contribution >= 4 is 29.4 Å². The zero-order valence-corrected chi connectivity index (χ0v) is 17.0. The zero-order valence-electron chi connectivity index (χ0n) is 16.3. The van der Waals surface area contributed by atoms with Gasteiger partial charge in [-0.1, -0.05) is 35.4 Å². The molecule has 0 atom stereocenters. The Kier molecular flexibility index (Phi) is 5.29. The predicted molar refractivity (Wildman–Crippen MR) is 114 cm³/mol. The van der Waals surface area contributed by atoms with Gasteiger partial charge in [0.1, 0.15) is 5.75 Å². The number of Topliss-reactive ketones (excluding diaryl/α,β-unsaturated/α-hetero) is 1. The number of ketones is 1. The standard InChI is InChI=1S/C24H17ClO5/c1-14-3-6-16(7-4-14)24(27)30-20-9-5-15(11-21(20)28-2)12-22-23(26)18-13-17(25)8-10-19(18)29-22/h3-13H,1-2H3. The van der Waals surface area contributed by atoms with E-state index in [0.29, 0.717) is 33.2 Å². The Bertz CT molecular complexity index is 1180. The van der Waals surface area contributed by atoms with Gasteiger partial charge in [-0.15, -0.1) is 0 Å². The van der Waals surface area contributed by atoms with Gasteiger partial charge in [-0.25, -0.2) is 4.79 Å². The molecule has 3 aromatic carbocycles. The van der Waals surface area contributed by atoms with Gasteiger partial charge in [0.25, 0.3) is 0 Å². The highest BCUT2D eigenvalue weighted by Gasteiger charge is 2.27. The fourth-order valence-corrected chi connectivity index (χ4v) is 3.19. The van der Waals surface area contributed by atoms with Gasteiger partial charge in [-0.05, 0) is 61.0 Å². The number of ether oxygens (including phenoxy) is 3. The van der Waals surface area contributed by atoms with Gasteiger partial charge in [0, 0.05) is 5.02 Å². The van der Waals surface area contributed by atoms with Crippen LogP contribution in [0.5, 0.6) is 17.2 Å². The van der Waals surface area contributed by atoms with Crippen LogP contribution in [0.15, 0.2) is 66.4 Å². The molecule has 0 bridgehead atoms. The normalized spacial score (nSPS) is 13.7. The second-order valence-electron chi connectivity index (χ2n) is 6.75. The first-order valence-corrected chi connectivity index (χ1v) is 9.53. The van der Waals surface area contributed by atoms with Gasteiger partial charge in [0.15, 0.2) is 17.3 Å². The first-order chi connectivity index (χ1) is 14.4. The van der Waals surface area contributed by atoms with Crippen LogP contribution in [0.3, 0.4) is 0 Å². The van der Waals surface area contributed by atoms with Gasteiger partial charge in [0.2, 0.25) is 5.78 Å². The van der Waals surface area contributed by atoms with Crippen molar-refractivity contribution in [3.8, 4) is 17.2 Å². The molecule has 0 unspecified atom stereocenters. The van der Waals surface area contributed by atoms with Crippen molar-refractivity contribution < 1.29 is 23.8 Å². The molecule has 1 aliphatic rings. The molecule has 1 heterocycles. The van der Waals surface area contributed by atoms with Crippen LogP contribution in [-0.2, 0) is 0 Å². The topological polar surface area (TPSA) is 61.8 Å². The third kappa shape index (κ3) is 3.93. The minimum Gasteiger partial charge on any atom is -0.493 e. The summed E-state index contributed by atoms with van der Waals surface area (Å²) >= 11 is 5.96. The Balaban J connectivity index is 1.57. The van der Waals surface area contributed by atoms with Crippen molar-refractivity contribution in [1.29, 1.82) is 0 Å². The predicted octanol–water partition coefficient (Wildman–Crippen LogP) is 5.49. The van der Waals surface area contributed by atoms with Crippen LogP contribution in [0.2, 0.25) is 5.02 Å². The summed E-state index contributed by atoms with van der Waals surface area (Å²) in [4.78, 5) is 24.9. The second kappa shape index (κ2) is 8.05. The number of fused-ring (bicyclic) bond motifs is 1. The first kappa shape index (κ1) is 19.7. The lowest BCUT2D eigenvalue weighted by Gasteiger charge is -2.10. The Morgan fingerprint density at radius 1 is 1.00 bits per heavy atom. The van der Waals surface area contributed by atoms with E-state index >= 15 is 0 Å². The van der Waals surface area contributed by atoms with Gasteiger partial charge in [0.05, 0.1) is 18.2 Å². The Morgan fingerprint density at radius 3 is 2.50 bits per heavy atom. The highest BCUT2D eigenvalue weighted by atomic mass is 35.5. The number of methoxy groups -OCH3 is 1. The molecule has 0 saturated heterocycles. The zero-order chi connectivity index (χ0) is 21.3. The minimum atomic E-state index is -0.485. The number of halogens is 1. The van der Waals surface area contributed by atoms with E-state index in [0.717, 1.165) is 5.56 Å². The highest BCUT2D eigenvalue weighted by molar-refractivity contribution is 6.31. The number of carbonyl (C=O) groups excluding carboxylic acids is 2. The van der Waals surface area contributed by atoms with Crippen LogP contribution in [0.25, 0.3) is 6.08 Å². The molecule has 0 spiro atoms. The summed E-state index contributed by atoms with van der Waals surface area (Å²) in [6.07, 6.45) is 1.60. The van der Waals surface area contributed by atoms with E-state index in [9.17, 15) is 9.59 Å². The number of esters is 1.